The summed E-state index contributed by atoms with van der Waals surface area (Å²) in [5.74, 6) is 1.88. The van der Waals surface area contributed by atoms with Crippen molar-refractivity contribution < 1.29 is 4.42 Å². The number of fused-ring (bicyclic) bond motifs is 12. The Morgan fingerprint density at radius 2 is 1.02 bits per heavy atom. The van der Waals surface area contributed by atoms with E-state index in [0.29, 0.717) is 17.5 Å². The van der Waals surface area contributed by atoms with Crippen molar-refractivity contribution >= 4 is 43.7 Å². The summed E-state index contributed by atoms with van der Waals surface area (Å²) in [5.41, 5.74) is 14.7. The fourth-order valence-electron chi connectivity index (χ4n) is 8.74. The predicted molar refractivity (Wildman–Crippen MR) is 228 cm³/mol. The van der Waals surface area contributed by atoms with E-state index in [1.807, 2.05) is 30.3 Å². The first-order valence-electron chi connectivity index (χ1n) is 18.9. The van der Waals surface area contributed by atoms with Crippen LogP contribution < -0.4 is 0 Å². The fraction of sp³-hybridized carbons (Fsp3) is 0. The second-order valence-corrected chi connectivity index (χ2v) is 14.3. The first kappa shape index (κ1) is 30.8. The minimum Gasteiger partial charge on any atom is -0.455 e. The van der Waals surface area contributed by atoms with Crippen LogP contribution in [0.5, 0.6) is 0 Å². The molecule has 11 aromatic rings. The number of rotatable bonds is 4. The van der Waals surface area contributed by atoms with Crippen LogP contribution >= 0.6 is 0 Å². The highest BCUT2D eigenvalue weighted by atomic mass is 16.3. The van der Waals surface area contributed by atoms with Crippen LogP contribution in [0, 0.1) is 0 Å². The van der Waals surface area contributed by atoms with Gasteiger partial charge < -0.3 is 8.98 Å². The smallest absolute Gasteiger partial charge is 0.164 e. The van der Waals surface area contributed by atoms with Crippen molar-refractivity contribution in [2.45, 2.75) is 0 Å². The van der Waals surface area contributed by atoms with Gasteiger partial charge in [-0.25, -0.2) is 15.0 Å². The van der Waals surface area contributed by atoms with Gasteiger partial charge in [-0.1, -0.05) is 152 Å². The van der Waals surface area contributed by atoms with Gasteiger partial charge in [-0.05, 0) is 47.0 Å². The van der Waals surface area contributed by atoms with Crippen molar-refractivity contribution in [1.29, 1.82) is 0 Å². The van der Waals surface area contributed by atoms with Gasteiger partial charge in [0.05, 0.1) is 16.7 Å². The summed E-state index contributed by atoms with van der Waals surface area (Å²) in [6, 6.07) is 63.7. The topological polar surface area (TPSA) is 56.7 Å². The van der Waals surface area contributed by atoms with E-state index in [4.69, 9.17) is 19.4 Å². The molecule has 0 atom stereocenters. The summed E-state index contributed by atoms with van der Waals surface area (Å²) in [6.07, 6.45) is 0. The van der Waals surface area contributed by atoms with Crippen molar-refractivity contribution in [2.24, 2.45) is 0 Å². The molecule has 0 bridgehead atoms. The van der Waals surface area contributed by atoms with Crippen molar-refractivity contribution in [2.75, 3.05) is 0 Å². The number of furan rings is 1. The first-order chi connectivity index (χ1) is 27.8. The number of nitrogens with zero attached hydrogens (tertiary/aromatic N) is 4. The number of aromatic nitrogens is 4. The zero-order valence-corrected chi connectivity index (χ0v) is 30.0. The van der Waals surface area contributed by atoms with Crippen LogP contribution in [0.4, 0.5) is 0 Å². The molecule has 0 radical (unpaired) electrons. The van der Waals surface area contributed by atoms with E-state index in [-0.39, 0.29) is 0 Å². The lowest BCUT2D eigenvalue weighted by Crippen LogP contribution is -2.01. The van der Waals surface area contributed by atoms with Crippen LogP contribution in [0.3, 0.4) is 0 Å². The molecule has 56 heavy (non-hydrogen) atoms. The fourth-order valence-corrected chi connectivity index (χ4v) is 8.74. The molecule has 8 aromatic carbocycles. The van der Waals surface area contributed by atoms with Crippen LogP contribution in [-0.2, 0) is 0 Å². The van der Waals surface area contributed by atoms with Crippen molar-refractivity contribution in [3.8, 4) is 73.2 Å². The molecule has 0 amide bonds. The van der Waals surface area contributed by atoms with E-state index in [0.717, 1.165) is 99.5 Å². The van der Waals surface area contributed by atoms with E-state index < -0.39 is 0 Å². The Morgan fingerprint density at radius 3 is 1.89 bits per heavy atom. The zero-order valence-electron chi connectivity index (χ0n) is 30.0. The quantitative estimate of drug-likeness (QED) is 0.182. The molecule has 0 saturated carbocycles. The molecule has 0 spiro atoms. The molecular formula is C51H30N4O. The average Bonchev–Trinajstić information content (AvgIpc) is 3.79. The maximum atomic E-state index is 6.75. The molecule has 3 aromatic heterocycles. The van der Waals surface area contributed by atoms with Gasteiger partial charge in [0, 0.05) is 54.9 Å². The lowest BCUT2D eigenvalue weighted by molar-refractivity contribution is 0.670. The highest BCUT2D eigenvalue weighted by molar-refractivity contribution is 6.23. The standard InChI is InChI=1S/C51H30N4O/c1-3-14-31(15-4-1)33-18-11-19-34(30-33)50-52-49(32-16-5-2-6-17-32)53-51(54-50)41-24-13-26-43-45(41)39-22-12-23-40-46-37(35-20-7-9-25-42(35)55(43)47(39)40)28-29-38-36-21-8-10-27-44(36)56-48(38)46/h1-30H. The SMILES string of the molecule is c1ccc(-c2cccc(-c3nc(-c4ccccc4)nc(-c4cccc5c4c4cccc6c4n5-c4ccccc4-c4ccc5c(oc7ccccc75)c4-6)n3)c2)cc1. The lowest BCUT2D eigenvalue weighted by Gasteiger charge is -2.13. The van der Waals surface area contributed by atoms with Crippen LogP contribution in [0.25, 0.3) is 117 Å². The van der Waals surface area contributed by atoms with Crippen molar-refractivity contribution in [3.05, 3.63) is 182 Å². The first-order valence-corrected chi connectivity index (χ1v) is 18.9. The van der Waals surface area contributed by atoms with E-state index in [9.17, 15) is 0 Å². The molecule has 0 saturated heterocycles. The summed E-state index contributed by atoms with van der Waals surface area (Å²) in [4.78, 5) is 15.6. The number of hydrogen-bond acceptors (Lipinski definition) is 4. The largest absolute Gasteiger partial charge is 0.455 e. The van der Waals surface area contributed by atoms with Crippen LogP contribution in [-0.4, -0.2) is 19.5 Å². The van der Waals surface area contributed by atoms with Gasteiger partial charge in [0.1, 0.15) is 11.2 Å². The highest BCUT2D eigenvalue weighted by Crippen LogP contribution is 2.51. The Kier molecular flexibility index (Phi) is 6.56. The summed E-state index contributed by atoms with van der Waals surface area (Å²) >= 11 is 0. The van der Waals surface area contributed by atoms with Gasteiger partial charge in [0.2, 0.25) is 0 Å². The van der Waals surface area contributed by atoms with E-state index >= 15 is 0 Å². The van der Waals surface area contributed by atoms with Crippen molar-refractivity contribution in [3.63, 3.8) is 0 Å². The normalized spacial score (nSPS) is 11.9. The van der Waals surface area contributed by atoms with Gasteiger partial charge >= 0.3 is 0 Å². The summed E-state index contributed by atoms with van der Waals surface area (Å²) < 4.78 is 9.17. The van der Waals surface area contributed by atoms with Gasteiger partial charge in [-0.15, -0.1) is 0 Å². The molecule has 1 aliphatic rings. The molecule has 5 heteroatoms. The summed E-state index contributed by atoms with van der Waals surface area (Å²) in [5, 5.41) is 4.44. The molecular weight excluding hydrogens is 685 g/mol. The molecule has 260 valence electrons. The molecule has 1 aliphatic heterocycles. The number of benzene rings is 8. The third kappa shape index (κ3) is 4.52. The van der Waals surface area contributed by atoms with Gasteiger partial charge in [-0.2, -0.15) is 0 Å². The zero-order chi connectivity index (χ0) is 36.7. The number of hydrogen-bond donors (Lipinski definition) is 0. The monoisotopic (exact) mass is 714 g/mol. The Balaban J connectivity index is 1.16. The maximum Gasteiger partial charge on any atom is 0.164 e. The third-order valence-corrected chi connectivity index (χ3v) is 11.2. The molecule has 0 unspecified atom stereocenters. The van der Waals surface area contributed by atoms with Gasteiger partial charge in [0.25, 0.3) is 0 Å². The molecule has 5 nitrogen and oxygen atoms in total. The molecule has 0 fully saturated rings. The minimum absolute atomic E-state index is 0.624. The minimum atomic E-state index is 0.624. The van der Waals surface area contributed by atoms with Crippen LogP contribution in [0.15, 0.2) is 186 Å². The van der Waals surface area contributed by atoms with Crippen LogP contribution in [0.1, 0.15) is 0 Å². The maximum absolute atomic E-state index is 6.75. The molecule has 4 heterocycles. The molecule has 12 rings (SSSR count). The molecule has 0 aliphatic carbocycles. The van der Waals surface area contributed by atoms with E-state index in [1.54, 1.807) is 0 Å². The lowest BCUT2D eigenvalue weighted by atomic mass is 9.91. The Bertz CT molecular complexity index is 3360. The molecule has 0 N–H and O–H groups in total. The van der Waals surface area contributed by atoms with E-state index in [1.165, 1.54) is 0 Å². The third-order valence-electron chi connectivity index (χ3n) is 11.2. The van der Waals surface area contributed by atoms with Gasteiger partial charge in [-0.3, -0.25) is 0 Å². The Labute approximate surface area is 321 Å². The Hall–Kier alpha value is -7.63. The van der Waals surface area contributed by atoms with Crippen LogP contribution in [0.2, 0.25) is 0 Å². The predicted octanol–water partition coefficient (Wildman–Crippen LogP) is 13.2. The second-order valence-electron chi connectivity index (χ2n) is 14.3. The number of para-hydroxylation sites is 3. The van der Waals surface area contributed by atoms with Crippen molar-refractivity contribution in [1.82, 2.24) is 19.5 Å². The van der Waals surface area contributed by atoms with E-state index in [2.05, 4.69) is 156 Å². The highest BCUT2D eigenvalue weighted by Gasteiger charge is 2.29. The summed E-state index contributed by atoms with van der Waals surface area (Å²) in [7, 11) is 0. The summed E-state index contributed by atoms with van der Waals surface area (Å²) in [6.45, 7) is 0. The Morgan fingerprint density at radius 1 is 0.393 bits per heavy atom. The average molecular weight is 715 g/mol. The second kappa shape index (κ2) is 11.9. The van der Waals surface area contributed by atoms with Gasteiger partial charge in [0.15, 0.2) is 17.5 Å².